The fourth-order valence-corrected chi connectivity index (χ4v) is 7.06. The van der Waals surface area contributed by atoms with E-state index in [1.54, 1.807) is 0 Å². The molecule has 0 aromatic carbocycles. The van der Waals surface area contributed by atoms with Crippen molar-refractivity contribution < 1.29 is 10.2 Å². The first-order valence-electron chi connectivity index (χ1n) is 8.80. The summed E-state index contributed by atoms with van der Waals surface area (Å²) in [6, 6.07) is 0. The molecule has 0 aromatic heterocycles. The molecule has 0 aliphatic heterocycles. The molecule has 0 aromatic rings. The molecule has 22 heavy (non-hydrogen) atoms. The van der Waals surface area contributed by atoms with E-state index >= 15 is 0 Å². The van der Waals surface area contributed by atoms with Crippen molar-refractivity contribution in [2.24, 2.45) is 47.3 Å². The molecule has 2 heteroatoms. The van der Waals surface area contributed by atoms with Crippen LogP contribution in [0.25, 0.3) is 0 Å². The van der Waals surface area contributed by atoms with Gasteiger partial charge in [-0.25, -0.2) is 0 Å². The summed E-state index contributed by atoms with van der Waals surface area (Å²) in [6.07, 6.45) is 19.5. The van der Waals surface area contributed by atoms with Crippen molar-refractivity contribution in [3.8, 4) is 0 Å². The normalized spacial score (nSPS) is 65.0. The second-order valence-corrected chi connectivity index (χ2v) is 8.49. The molecule has 2 fully saturated rings. The average Bonchev–Trinajstić information content (AvgIpc) is 3.24. The standard InChI is InChI=1S/C20H22O2/c21-19(9-13-3-1-11-5-7-15(19)17(11)13)20(22)10-14-4-2-12-6-8-16(20)18(12)14/h1-8,11-18,21-22H,9-10H2/t11?,12?,13?,14?,15?,16?,17?,18?,19-,20+. The van der Waals surface area contributed by atoms with Crippen LogP contribution in [0.3, 0.4) is 0 Å². The fourth-order valence-electron chi connectivity index (χ4n) is 7.06. The quantitative estimate of drug-likeness (QED) is 0.729. The van der Waals surface area contributed by atoms with Gasteiger partial charge in [0.05, 0.1) is 0 Å². The Labute approximate surface area is 130 Å². The van der Waals surface area contributed by atoms with Crippen molar-refractivity contribution in [2.75, 3.05) is 0 Å². The van der Waals surface area contributed by atoms with E-state index in [0.717, 1.165) is 12.8 Å². The lowest BCUT2D eigenvalue weighted by Gasteiger charge is -2.45. The largest absolute Gasteiger partial charge is 0.386 e. The molecule has 114 valence electrons. The van der Waals surface area contributed by atoms with Crippen molar-refractivity contribution in [1.82, 2.24) is 0 Å². The van der Waals surface area contributed by atoms with Crippen LogP contribution in [0.4, 0.5) is 0 Å². The van der Waals surface area contributed by atoms with Gasteiger partial charge < -0.3 is 10.2 Å². The lowest BCUT2D eigenvalue weighted by Crippen LogP contribution is -2.59. The molecular weight excluding hydrogens is 272 g/mol. The van der Waals surface area contributed by atoms with Crippen LogP contribution >= 0.6 is 0 Å². The topological polar surface area (TPSA) is 40.5 Å². The van der Waals surface area contributed by atoms with Crippen molar-refractivity contribution in [3.05, 3.63) is 48.6 Å². The van der Waals surface area contributed by atoms with Gasteiger partial charge in [-0.05, 0) is 48.3 Å². The molecule has 2 nitrogen and oxygen atoms in total. The monoisotopic (exact) mass is 294 g/mol. The maximum absolute atomic E-state index is 11.7. The van der Waals surface area contributed by atoms with E-state index in [0.29, 0.717) is 35.5 Å². The van der Waals surface area contributed by atoms with Gasteiger partial charge in [-0.1, -0.05) is 48.6 Å². The van der Waals surface area contributed by atoms with Gasteiger partial charge in [-0.3, -0.25) is 0 Å². The van der Waals surface area contributed by atoms with Crippen LogP contribution < -0.4 is 0 Å². The van der Waals surface area contributed by atoms with Crippen LogP contribution in [-0.4, -0.2) is 21.4 Å². The smallest absolute Gasteiger partial charge is 0.101 e. The van der Waals surface area contributed by atoms with Crippen LogP contribution in [0.2, 0.25) is 0 Å². The predicted octanol–water partition coefficient (Wildman–Crippen LogP) is 2.46. The van der Waals surface area contributed by atoms with E-state index in [1.807, 2.05) is 0 Å². The molecule has 0 bridgehead atoms. The number of rotatable bonds is 1. The second-order valence-electron chi connectivity index (χ2n) is 8.49. The third-order valence-corrected chi connectivity index (χ3v) is 7.90. The number of allylic oxidation sites excluding steroid dienone is 6. The van der Waals surface area contributed by atoms with Crippen molar-refractivity contribution in [1.29, 1.82) is 0 Å². The summed E-state index contributed by atoms with van der Waals surface area (Å²) in [4.78, 5) is 0. The van der Waals surface area contributed by atoms with Crippen molar-refractivity contribution >= 4 is 0 Å². The first-order chi connectivity index (χ1) is 10.6. The molecule has 0 amide bonds. The Morgan fingerprint density at radius 2 is 1.00 bits per heavy atom. The summed E-state index contributed by atoms with van der Waals surface area (Å²) in [6.45, 7) is 0. The molecule has 0 spiro atoms. The molecule has 0 heterocycles. The Morgan fingerprint density at radius 3 is 1.45 bits per heavy atom. The molecule has 2 saturated carbocycles. The lowest BCUT2D eigenvalue weighted by molar-refractivity contribution is -0.180. The summed E-state index contributed by atoms with van der Waals surface area (Å²) < 4.78 is 0. The highest BCUT2D eigenvalue weighted by atomic mass is 16.4. The van der Waals surface area contributed by atoms with E-state index in [9.17, 15) is 10.2 Å². The Hall–Kier alpha value is -1.12. The van der Waals surface area contributed by atoms with Gasteiger partial charge >= 0.3 is 0 Å². The van der Waals surface area contributed by atoms with Gasteiger partial charge in [0.2, 0.25) is 0 Å². The van der Waals surface area contributed by atoms with Gasteiger partial charge in [0.15, 0.2) is 0 Å². The Bertz CT molecular complexity index is 615. The SMILES string of the molecule is O[C@]1([C@]2(O)CC3C=CC4C=CC2C43)CC2C=CC3C=CC1C32. The van der Waals surface area contributed by atoms with Crippen LogP contribution in [0.5, 0.6) is 0 Å². The van der Waals surface area contributed by atoms with Crippen LogP contribution in [0.1, 0.15) is 12.8 Å². The minimum Gasteiger partial charge on any atom is -0.386 e. The average molecular weight is 294 g/mol. The zero-order valence-electron chi connectivity index (χ0n) is 12.5. The fraction of sp³-hybridized carbons (Fsp3) is 0.600. The van der Waals surface area contributed by atoms with E-state index in [-0.39, 0.29) is 11.8 Å². The number of aliphatic hydroxyl groups is 2. The molecule has 0 radical (unpaired) electrons. The Balaban J connectivity index is 1.47. The van der Waals surface area contributed by atoms with Crippen LogP contribution in [0.15, 0.2) is 48.6 Å². The second kappa shape index (κ2) is 3.52. The molecule has 6 rings (SSSR count). The maximum atomic E-state index is 11.7. The zero-order valence-corrected chi connectivity index (χ0v) is 12.5. The van der Waals surface area contributed by atoms with E-state index in [1.165, 1.54) is 0 Å². The summed E-state index contributed by atoms with van der Waals surface area (Å²) in [7, 11) is 0. The number of hydrogen-bond donors (Lipinski definition) is 2. The predicted molar refractivity (Wildman–Crippen MR) is 83.6 cm³/mol. The third-order valence-electron chi connectivity index (χ3n) is 7.90. The van der Waals surface area contributed by atoms with Gasteiger partial charge in [0.25, 0.3) is 0 Å². The summed E-state index contributed by atoms with van der Waals surface area (Å²) in [5.41, 5.74) is -1.92. The summed E-state index contributed by atoms with van der Waals surface area (Å²) >= 11 is 0. The molecule has 8 unspecified atom stereocenters. The summed E-state index contributed by atoms with van der Waals surface area (Å²) in [5.74, 6) is 3.08. The van der Waals surface area contributed by atoms with Gasteiger partial charge in [-0.2, -0.15) is 0 Å². The van der Waals surface area contributed by atoms with Gasteiger partial charge in [0, 0.05) is 11.8 Å². The number of hydrogen-bond acceptors (Lipinski definition) is 2. The third kappa shape index (κ3) is 1.11. The highest BCUT2D eigenvalue weighted by Gasteiger charge is 2.70. The minimum atomic E-state index is -0.958. The molecule has 2 N–H and O–H groups in total. The molecule has 6 aliphatic rings. The molecule has 10 atom stereocenters. The zero-order chi connectivity index (χ0) is 14.7. The molecule has 6 aliphatic carbocycles. The lowest BCUT2D eigenvalue weighted by atomic mass is 9.68. The highest BCUT2D eigenvalue weighted by molar-refractivity contribution is 5.37. The van der Waals surface area contributed by atoms with Gasteiger partial charge in [-0.15, -0.1) is 0 Å². The van der Waals surface area contributed by atoms with Crippen LogP contribution in [0, 0.1) is 47.3 Å². The van der Waals surface area contributed by atoms with E-state index < -0.39 is 11.2 Å². The van der Waals surface area contributed by atoms with Gasteiger partial charge in [0.1, 0.15) is 11.2 Å². The minimum absolute atomic E-state index is 0.123. The van der Waals surface area contributed by atoms with E-state index in [2.05, 4.69) is 48.6 Å². The summed E-state index contributed by atoms with van der Waals surface area (Å²) in [5, 5.41) is 23.4. The maximum Gasteiger partial charge on any atom is 0.101 e. The highest BCUT2D eigenvalue weighted by Crippen LogP contribution is 2.66. The van der Waals surface area contributed by atoms with E-state index in [4.69, 9.17) is 0 Å². The first-order valence-corrected chi connectivity index (χ1v) is 8.80. The Kier molecular flexibility index (Phi) is 1.97. The van der Waals surface area contributed by atoms with Crippen LogP contribution in [-0.2, 0) is 0 Å². The first kappa shape index (κ1) is 12.3. The Morgan fingerprint density at radius 1 is 0.591 bits per heavy atom. The molecule has 0 saturated heterocycles. The van der Waals surface area contributed by atoms with Crippen molar-refractivity contribution in [2.45, 2.75) is 24.0 Å². The molecular formula is C20H22O2. The van der Waals surface area contributed by atoms with Crippen molar-refractivity contribution in [3.63, 3.8) is 0 Å².